The van der Waals surface area contributed by atoms with Crippen LogP contribution in [-0.2, 0) is 16.0 Å². The Bertz CT molecular complexity index is 1320. The standard InChI is InChI=1S/C27H26Br2N4O2/c28-19-10-11-23(29)22(16-19)26(27(35)32-20-6-2-1-3-7-20)33(25(34)12-14-30)15-13-18-17-31-24-9-5-4-8-21(18)24/h1-11,16-17,26,31H,12-15,30H2,(H,32,35). The molecule has 4 N–H and O–H groups in total. The van der Waals surface area contributed by atoms with Crippen LogP contribution in [-0.4, -0.2) is 34.8 Å². The maximum atomic E-state index is 13.7. The van der Waals surface area contributed by atoms with Crippen LogP contribution in [0.5, 0.6) is 0 Å². The number of hydrogen-bond acceptors (Lipinski definition) is 3. The zero-order valence-electron chi connectivity index (χ0n) is 19.0. The van der Waals surface area contributed by atoms with Crippen molar-refractivity contribution in [1.29, 1.82) is 0 Å². The van der Waals surface area contributed by atoms with Gasteiger partial charge in [-0.1, -0.05) is 68.3 Å². The van der Waals surface area contributed by atoms with Gasteiger partial charge in [0.15, 0.2) is 0 Å². The number of fused-ring (bicyclic) bond motifs is 1. The molecule has 0 bridgehead atoms. The quantitative estimate of drug-likeness (QED) is 0.228. The molecule has 0 saturated carbocycles. The highest BCUT2D eigenvalue weighted by atomic mass is 79.9. The fourth-order valence-corrected chi connectivity index (χ4v) is 4.99. The number of nitrogens with two attached hydrogens (primary N) is 1. The van der Waals surface area contributed by atoms with Crippen molar-refractivity contribution >= 4 is 60.3 Å². The van der Waals surface area contributed by atoms with E-state index in [4.69, 9.17) is 5.73 Å². The lowest BCUT2D eigenvalue weighted by molar-refractivity contribution is -0.138. The molecular weight excluding hydrogens is 572 g/mol. The first-order valence-electron chi connectivity index (χ1n) is 11.3. The Hall–Kier alpha value is -2.94. The molecule has 3 aromatic carbocycles. The van der Waals surface area contributed by atoms with Crippen molar-refractivity contribution in [3.05, 3.63) is 99.1 Å². The summed E-state index contributed by atoms with van der Waals surface area (Å²) in [6.45, 7) is 0.557. The van der Waals surface area contributed by atoms with Crippen molar-refractivity contribution in [2.75, 3.05) is 18.4 Å². The van der Waals surface area contributed by atoms with E-state index in [1.54, 1.807) is 4.90 Å². The van der Waals surface area contributed by atoms with Crippen molar-refractivity contribution in [3.8, 4) is 0 Å². The first-order chi connectivity index (χ1) is 17.0. The van der Waals surface area contributed by atoms with E-state index in [1.165, 1.54) is 0 Å². The Labute approximate surface area is 221 Å². The molecule has 0 saturated heterocycles. The van der Waals surface area contributed by atoms with Crippen LogP contribution in [0.25, 0.3) is 10.9 Å². The lowest BCUT2D eigenvalue weighted by Gasteiger charge is -2.32. The summed E-state index contributed by atoms with van der Waals surface area (Å²) in [7, 11) is 0. The number of benzene rings is 3. The number of H-pyrrole nitrogens is 1. The third-order valence-corrected chi connectivity index (χ3v) is 7.04. The number of aromatic nitrogens is 1. The van der Waals surface area contributed by atoms with E-state index in [0.29, 0.717) is 24.2 Å². The van der Waals surface area contributed by atoms with Crippen molar-refractivity contribution in [2.45, 2.75) is 18.9 Å². The second-order valence-electron chi connectivity index (χ2n) is 8.16. The Morgan fingerprint density at radius 3 is 2.51 bits per heavy atom. The lowest BCUT2D eigenvalue weighted by Crippen LogP contribution is -2.43. The minimum Gasteiger partial charge on any atom is -0.361 e. The zero-order chi connectivity index (χ0) is 24.8. The van der Waals surface area contributed by atoms with Gasteiger partial charge >= 0.3 is 0 Å². The molecule has 0 radical (unpaired) electrons. The van der Waals surface area contributed by atoms with Crippen LogP contribution in [0.1, 0.15) is 23.6 Å². The second kappa shape index (κ2) is 11.7. The number of hydrogen-bond donors (Lipinski definition) is 3. The molecule has 0 fully saturated rings. The maximum Gasteiger partial charge on any atom is 0.251 e. The predicted molar refractivity (Wildman–Crippen MR) is 147 cm³/mol. The first kappa shape index (κ1) is 25.2. The number of nitrogens with one attached hydrogen (secondary N) is 2. The molecule has 0 aliphatic heterocycles. The van der Waals surface area contributed by atoms with Crippen LogP contribution in [0.4, 0.5) is 5.69 Å². The summed E-state index contributed by atoms with van der Waals surface area (Å²) in [6.07, 6.45) is 2.69. The van der Waals surface area contributed by atoms with E-state index in [-0.39, 0.29) is 24.8 Å². The van der Waals surface area contributed by atoms with Gasteiger partial charge in [0.25, 0.3) is 5.91 Å². The molecule has 1 unspecified atom stereocenters. The fraction of sp³-hybridized carbons (Fsp3) is 0.185. The van der Waals surface area contributed by atoms with E-state index >= 15 is 0 Å². The van der Waals surface area contributed by atoms with E-state index in [9.17, 15) is 9.59 Å². The monoisotopic (exact) mass is 596 g/mol. The molecule has 1 heterocycles. The highest BCUT2D eigenvalue weighted by molar-refractivity contribution is 9.11. The van der Waals surface area contributed by atoms with Gasteiger partial charge in [0.05, 0.1) is 0 Å². The molecule has 1 atom stereocenters. The van der Waals surface area contributed by atoms with Crippen LogP contribution in [0.2, 0.25) is 0 Å². The van der Waals surface area contributed by atoms with Crippen LogP contribution in [0.15, 0.2) is 87.9 Å². The van der Waals surface area contributed by atoms with Crippen molar-refractivity contribution in [1.82, 2.24) is 9.88 Å². The highest BCUT2D eigenvalue weighted by Crippen LogP contribution is 2.33. The Morgan fingerprint density at radius 2 is 1.74 bits per heavy atom. The lowest BCUT2D eigenvalue weighted by atomic mass is 10.0. The molecule has 4 aromatic rings. The van der Waals surface area contributed by atoms with Gasteiger partial charge < -0.3 is 20.9 Å². The number of nitrogens with zero attached hydrogens (tertiary/aromatic N) is 1. The normalized spacial score (nSPS) is 11.9. The summed E-state index contributed by atoms with van der Waals surface area (Å²) in [5, 5.41) is 4.09. The van der Waals surface area contributed by atoms with Crippen LogP contribution in [0, 0.1) is 0 Å². The summed E-state index contributed by atoms with van der Waals surface area (Å²) < 4.78 is 1.56. The van der Waals surface area contributed by atoms with Gasteiger partial charge in [-0.05, 0) is 53.9 Å². The Kier molecular flexibility index (Phi) is 8.38. The van der Waals surface area contributed by atoms with E-state index in [1.807, 2.05) is 72.9 Å². The zero-order valence-corrected chi connectivity index (χ0v) is 22.2. The van der Waals surface area contributed by atoms with Crippen LogP contribution >= 0.6 is 31.9 Å². The number of aromatic amines is 1. The van der Waals surface area contributed by atoms with Crippen LogP contribution in [0.3, 0.4) is 0 Å². The molecular formula is C27H26Br2N4O2. The first-order valence-corrected chi connectivity index (χ1v) is 12.9. The number of amides is 2. The van der Waals surface area contributed by atoms with Gasteiger partial charge in [-0.25, -0.2) is 0 Å². The van der Waals surface area contributed by atoms with Gasteiger partial charge in [0.1, 0.15) is 6.04 Å². The number of carbonyl (C=O) groups excluding carboxylic acids is 2. The number of carbonyl (C=O) groups is 2. The van der Waals surface area contributed by atoms with E-state index in [0.717, 1.165) is 25.4 Å². The smallest absolute Gasteiger partial charge is 0.251 e. The van der Waals surface area contributed by atoms with Crippen molar-refractivity contribution < 1.29 is 9.59 Å². The topological polar surface area (TPSA) is 91.2 Å². The fourth-order valence-electron chi connectivity index (χ4n) is 4.15. The number of halogens is 2. The number of anilines is 1. The number of para-hydroxylation sites is 2. The van der Waals surface area contributed by atoms with Crippen molar-refractivity contribution in [2.24, 2.45) is 5.73 Å². The van der Waals surface area contributed by atoms with Crippen molar-refractivity contribution in [3.63, 3.8) is 0 Å². The second-order valence-corrected chi connectivity index (χ2v) is 9.93. The summed E-state index contributed by atoms with van der Waals surface area (Å²) >= 11 is 7.11. The maximum absolute atomic E-state index is 13.7. The minimum atomic E-state index is -0.855. The van der Waals surface area contributed by atoms with Gasteiger partial charge in [-0.3, -0.25) is 9.59 Å². The Balaban J connectivity index is 1.72. The molecule has 4 rings (SSSR count). The SMILES string of the molecule is NCCC(=O)N(CCc1c[nH]c2ccccc12)C(C(=O)Nc1ccccc1)c1cc(Br)ccc1Br. The third kappa shape index (κ3) is 6.01. The summed E-state index contributed by atoms with van der Waals surface area (Å²) in [5.41, 5.74) is 9.23. The number of rotatable bonds is 9. The van der Waals surface area contributed by atoms with Gasteiger partial charge in [0.2, 0.25) is 5.91 Å². The third-order valence-electron chi connectivity index (χ3n) is 5.83. The molecule has 1 aromatic heterocycles. The average molecular weight is 598 g/mol. The predicted octanol–water partition coefficient (Wildman–Crippen LogP) is 5.79. The van der Waals surface area contributed by atoms with Crippen LogP contribution < -0.4 is 11.1 Å². The molecule has 35 heavy (non-hydrogen) atoms. The molecule has 0 aliphatic rings. The molecule has 180 valence electrons. The minimum absolute atomic E-state index is 0.147. The molecule has 2 amide bonds. The molecule has 8 heteroatoms. The van der Waals surface area contributed by atoms with Gasteiger partial charge in [-0.2, -0.15) is 0 Å². The summed E-state index contributed by atoms with van der Waals surface area (Å²) in [6, 6.07) is 22.1. The highest BCUT2D eigenvalue weighted by Gasteiger charge is 2.32. The van der Waals surface area contributed by atoms with Gasteiger partial charge in [0, 0.05) is 51.2 Å². The van der Waals surface area contributed by atoms with E-state index in [2.05, 4.69) is 48.2 Å². The van der Waals surface area contributed by atoms with E-state index < -0.39 is 6.04 Å². The largest absolute Gasteiger partial charge is 0.361 e. The van der Waals surface area contributed by atoms with Gasteiger partial charge in [-0.15, -0.1) is 0 Å². The Morgan fingerprint density at radius 1 is 1.00 bits per heavy atom. The summed E-state index contributed by atoms with van der Waals surface area (Å²) in [5.74, 6) is -0.466. The summed E-state index contributed by atoms with van der Waals surface area (Å²) in [4.78, 5) is 32.0. The molecule has 0 aliphatic carbocycles. The molecule has 0 spiro atoms. The molecule has 6 nitrogen and oxygen atoms in total. The average Bonchev–Trinajstić information content (AvgIpc) is 3.27.